The molecule has 8 heteroatoms. The Morgan fingerprint density at radius 2 is 1.27 bits per heavy atom. The molecule has 0 amide bonds. The number of nitrogens with two attached hydrogens (primary N) is 1. The first-order chi connectivity index (χ1) is 9.75. The highest BCUT2D eigenvalue weighted by molar-refractivity contribution is 6.34. The highest BCUT2D eigenvalue weighted by atomic mass is 35.5. The normalized spacial score (nSPS) is 9.50. The molecular weight excluding hydrogens is 345 g/mol. The summed E-state index contributed by atoms with van der Waals surface area (Å²) in [5.41, 5.74) is 5.89. The predicted octanol–water partition coefficient (Wildman–Crippen LogP) is -4.73. The second-order valence-electron chi connectivity index (χ2n) is 4.11. The molecule has 0 radical (unpaired) electrons. The molecule has 0 saturated carbocycles. The summed E-state index contributed by atoms with van der Waals surface area (Å²) in [6.45, 7) is 0. The summed E-state index contributed by atoms with van der Waals surface area (Å²) >= 11 is 6.21. The molecule has 3 rings (SSSR count). The maximum absolute atomic E-state index is 6.21. The molecule has 0 aliphatic heterocycles. The SMILES string of the molecule is Nc1nc(-[n+]2ccccc2)nc(-[n+]2ccccc2)c1Cl.[Cl-].[Cl-]. The lowest BCUT2D eigenvalue weighted by Gasteiger charge is -1.99. The average molecular weight is 357 g/mol. The number of nitrogens with zero attached hydrogens (tertiary/aromatic N) is 4. The van der Waals surface area contributed by atoms with Gasteiger partial charge in [0.1, 0.15) is 0 Å². The van der Waals surface area contributed by atoms with Gasteiger partial charge in [0.25, 0.3) is 0 Å². The summed E-state index contributed by atoms with van der Waals surface area (Å²) in [6, 6.07) is 11.4. The number of hydrogen-bond acceptors (Lipinski definition) is 3. The molecule has 2 N–H and O–H groups in total. The highest BCUT2D eigenvalue weighted by Crippen LogP contribution is 2.19. The molecule has 0 spiro atoms. The van der Waals surface area contributed by atoms with Crippen LogP contribution in [0, 0.1) is 0 Å². The Kier molecular flexibility index (Phi) is 6.49. The zero-order chi connectivity index (χ0) is 13.9. The van der Waals surface area contributed by atoms with Gasteiger partial charge in [-0.2, -0.15) is 4.57 Å². The standard InChI is InChI=1S/C14H12ClN5.2ClH/c15-11-12(16)17-14(20-9-5-2-6-10-20)18-13(11)19-7-3-1-4-8-19;;/h1-10H,(H2,16,17,18);2*1H/q+2;;/p-2. The Morgan fingerprint density at radius 3 is 1.82 bits per heavy atom. The zero-order valence-electron chi connectivity index (χ0n) is 11.3. The summed E-state index contributed by atoms with van der Waals surface area (Å²) in [6.07, 6.45) is 7.41. The molecule has 0 aliphatic rings. The van der Waals surface area contributed by atoms with Crippen LogP contribution in [0.3, 0.4) is 0 Å². The zero-order valence-corrected chi connectivity index (χ0v) is 13.5. The third kappa shape index (κ3) is 3.62. The van der Waals surface area contributed by atoms with Gasteiger partial charge >= 0.3 is 11.8 Å². The third-order valence-electron chi connectivity index (χ3n) is 2.75. The maximum atomic E-state index is 6.21. The van der Waals surface area contributed by atoms with E-state index in [2.05, 4.69) is 9.97 Å². The molecule has 3 aromatic heterocycles. The van der Waals surface area contributed by atoms with Gasteiger partial charge in [-0.3, -0.25) is 0 Å². The van der Waals surface area contributed by atoms with Crippen LogP contribution < -0.4 is 39.7 Å². The Bertz CT molecular complexity index is 738. The van der Waals surface area contributed by atoms with Crippen molar-refractivity contribution in [1.82, 2.24) is 9.97 Å². The van der Waals surface area contributed by atoms with Gasteiger partial charge in [0, 0.05) is 4.98 Å². The van der Waals surface area contributed by atoms with Gasteiger partial charge in [0.05, 0.1) is 24.8 Å². The first-order valence-corrected chi connectivity index (χ1v) is 6.40. The van der Waals surface area contributed by atoms with Gasteiger partial charge in [0.2, 0.25) is 5.82 Å². The van der Waals surface area contributed by atoms with Crippen molar-refractivity contribution < 1.29 is 33.9 Å². The lowest BCUT2D eigenvalue weighted by molar-refractivity contribution is -0.614. The van der Waals surface area contributed by atoms with Gasteiger partial charge in [-0.05, 0) is 29.2 Å². The predicted molar refractivity (Wildman–Crippen MR) is 74.5 cm³/mol. The molecule has 0 unspecified atom stereocenters. The monoisotopic (exact) mass is 355 g/mol. The number of halogens is 3. The first-order valence-electron chi connectivity index (χ1n) is 6.02. The van der Waals surface area contributed by atoms with Crippen LogP contribution >= 0.6 is 11.6 Å². The van der Waals surface area contributed by atoms with Gasteiger partial charge in [0.15, 0.2) is 5.02 Å². The number of anilines is 1. The second kappa shape index (κ2) is 7.89. The lowest BCUT2D eigenvalue weighted by Crippen LogP contribution is -3.00. The first kappa shape index (κ1) is 18.1. The summed E-state index contributed by atoms with van der Waals surface area (Å²) in [5.74, 6) is 1.27. The summed E-state index contributed by atoms with van der Waals surface area (Å²) in [7, 11) is 0. The maximum Gasteiger partial charge on any atom is 0.479 e. The Labute approximate surface area is 145 Å². The van der Waals surface area contributed by atoms with E-state index in [1.54, 1.807) is 9.13 Å². The molecule has 0 aliphatic carbocycles. The number of nitrogen functional groups attached to an aromatic ring is 1. The molecule has 22 heavy (non-hydrogen) atoms. The minimum atomic E-state index is 0. The van der Waals surface area contributed by atoms with E-state index in [1.165, 1.54) is 0 Å². The number of pyridine rings is 2. The Balaban J connectivity index is 0.00000121. The van der Waals surface area contributed by atoms with Crippen molar-refractivity contribution in [3.05, 3.63) is 66.2 Å². The van der Waals surface area contributed by atoms with E-state index in [9.17, 15) is 0 Å². The van der Waals surface area contributed by atoms with E-state index in [4.69, 9.17) is 17.3 Å². The van der Waals surface area contributed by atoms with Gasteiger partial charge in [-0.1, -0.05) is 23.7 Å². The van der Waals surface area contributed by atoms with Crippen LogP contribution in [-0.2, 0) is 0 Å². The molecule has 0 aromatic carbocycles. The highest BCUT2D eigenvalue weighted by Gasteiger charge is 2.25. The van der Waals surface area contributed by atoms with Gasteiger partial charge in [-0.15, -0.1) is 0 Å². The summed E-state index contributed by atoms with van der Waals surface area (Å²) in [5, 5.41) is 0.335. The van der Waals surface area contributed by atoms with Crippen molar-refractivity contribution >= 4 is 17.4 Å². The van der Waals surface area contributed by atoms with E-state index in [0.29, 0.717) is 16.8 Å². The van der Waals surface area contributed by atoms with Crippen LogP contribution in [0.25, 0.3) is 11.8 Å². The second-order valence-corrected chi connectivity index (χ2v) is 4.49. The molecule has 0 fully saturated rings. The van der Waals surface area contributed by atoms with Crippen molar-refractivity contribution in [3.8, 4) is 11.8 Å². The van der Waals surface area contributed by atoms with Crippen LogP contribution in [0.2, 0.25) is 5.02 Å². The average Bonchev–Trinajstić information content (AvgIpc) is 2.51. The fourth-order valence-electron chi connectivity index (χ4n) is 1.80. The van der Waals surface area contributed by atoms with Crippen molar-refractivity contribution in [2.45, 2.75) is 0 Å². The van der Waals surface area contributed by atoms with Crippen molar-refractivity contribution in [3.63, 3.8) is 0 Å². The molecule has 3 heterocycles. The van der Waals surface area contributed by atoms with Crippen LogP contribution in [0.1, 0.15) is 0 Å². The van der Waals surface area contributed by atoms with Crippen molar-refractivity contribution in [2.75, 3.05) is 5.73 Å². The van der Waals surface area contributed by atoms with Crippen molar-refractivity contribution in [1.29, 1.82) is 0 Å². The largest absolute Gasteiger partial charge is 1.00 e. The van der Waals surface area contributed by atoms with Crippen molar-refractivity contribution in [2.24, 2.45) is 0 Å². The quantitative estimate of drug-likeness (QED) is 0.469. The molecule has 0 atom stereocenters. The van der Waals surface area contributed by atoms with Gasteiger partial charge < -0.3 is 30.5 Å². The molecule has 3 aromatic rings. The van der Waals surface area contributed by atoms with E-state index >= 15 is 0 Å². The van der Waals surface area contributed by atoms with Crippen LogP contribution in [0.15, 0.2) is 61.2 Å². The Hall–Kier alpha value is -1.95. The van der Waals surface area contributed by atoms with Crippen LogP contribution in [0.4, 0.5) is 5.82 Å². The summed E-state index contributed by atoms with van der Waals surface area (Å²) < 4.78 is 3.58. The fourth-order valence-corrected chi connectivity index (χ4v) is 1.98. The molecule has 0 bridgehead atoms. The minimum Gasteiger partial charge on any atom is -1.00 e. The molecular formula is C14H12Cl3N5. The molecule has 5 nitrogen and oxygen atoms in total. The Morgan fingerprint density at radius 1 is 0.773 bits per heavy atom. The number of aromatic nitrogens is 4. The summed E-state index contributed by atoms with van der Waals surface area (Å²) in [4.78, 5) is 8.69. The number of hydrogen-bond donors (Lipinski definition) is 1. The van der Waals surface area contributed by atoms with Crippen LogP contribution in [-0.4, -0.2) is 9.97 Å². The topological polar surface area (TPSA) is 59.6 Å². The third-order valence-corrected chi connectivity index (χ3v) is 3.12. The van der Waals surface area contributed by atoms with E-state index in [1.807, 2.05) is 61.2 Å². The fraction of sp³-hybridized carbons (Fsp3) is 0. The van der Waals surface area contributed by atoms with E-state index < -0.39 is 0 Å². The van der Waals surface area contributed by atoms with Crippen LogP contribution in [0.5, 0.6) is 0 Å². The lowest BCUT2D eigenvalue weighted by atomic mass is 10.4. The van der Waals surface area contributed by atoms with E-state index in [0.717, 1.165) is 0 Å². The smallest absolute Gasteiger partial charge is 0.479 e. The molecule has 0 saturated heterocycles. The number of rotatable bonds is 2. The van der Waals surface area contributed by atoms with E-state index in [-0.39, 0.29) is 30.6 Å². The minimum absolute atomic E-state index is 0. The van der Waals surface area contributed by atoms with Gasteiger partial charge in [-0.25, -0.2) is 4.57 Å². The molecule has 114 valence electrons.